The van der Waals surface area contributed by atoms with Crippen LogP contribution in [0.4, 0.5) is 10.1 Å². The molecule has 18 heavy (non-hydrogen) atoms. The second-order valence-corrected chi connectivity index (χ2v) is 4.18. The quantitative estimate of drug-likeness (QED) is 0.869. The van der Waals surface area contributed by atoms with Crippen LogP contribution in [-0.4, -0.2) is 12.0 Å². The molecule has 1 unspecified atom stereocenters. The summed E-state index contributed by atoms with van der Waals surface area (Å²) in [5.74, 6) is -0.221. The molecule has 0 amide bonds. The molecule has 1 heterocycles. The van der Waals surface area contributed by atoms with Gasteiger partial charge in [-0.1, -0.05) is 12.1 Å². The van der Waals surface area contributed by atoms with Gasteiger partial charge in [-0.3, -0.25) is 4.98 Å². The zero-order chi connectivity index (χ0) is 13.0. The highest BCUT2D eigenvalue weighted by molar-refractivity contribution is 5.46. The van der Waals surface area contributed by atoms with E-state index in [1.165, 1.54) is 12.1 Å². The number of benzene rings is 1. The number of nitrogens with zero attached hydrogens (tertiary/aromatic N) is 1. The van der Waals surface area contributed by atoms with E-state index in [1.807, 2.05) is 13.1 Å². The summed E-state index contributed by atoms with van der Waals surface area (Å²) >= 11 is 0. The van der Waals surface area contributed by atoms with Crippen molar-refractivity contribution in [1.29, 1.82) is 0 Å². The minimum atomic E-state index is -0.221. The van der Waals surface area contributed by atoms with E-state index < -0.39 is 0 Å². The Hall–Kier alpha value is -1.94. The van der Waals surface area contributed by atoms with Crippen LogP contribution in [0.2, 0.25) is 0 Å². The lowest BCUT2D eigenvalue weighted by Crippen LogP contribution is -2.20. The molecule has 2 rings (SSSR count). The number of pyridine rings is 1. The minimum absolute atomic E-state index is 0.0282. The van der Waals surface area contributed by atoms with Gasteiger partial charge in [0, 0.05) is 29.7 Å². The van der Waals surface area contributed by atoms with E-state index in [4.69, 9.17) is 5.73 Å². The Morgan fingerprint density at radius 2 is 2.22 bits per heavy atom. The average molecular weight is 245 g/mol. The van der Waals surface area contributed by atoms with Crippen molar-refractivity contribution < 1.29 is 4.39 Å². The Labute approximate surface area is 106 Å². The van der Waals surface area contributed by atoms with Crippen LogP contribution in [0.5, 0.6) is 0 Å². The third-order valence-electron chi connectivity index (χ3n) is 2.94. The van der Waals surface area contributed by atoms with Crippen molar-refractivity contribution in [3.63, 3.8) is 0 Å². The van der Waals surface area contributed by atoms with Gasteiger partial charge in [-0.25, -0.2) is 4.39 Å². The molecule has 0 aliphatic rings. The molecule has 0 aliphatic carbocycles. The molecule has 0 fully saturated rings. The van der Waals surface area contributed by atoms with Gasteiger partial charge >= 0.3 is 0 Å². The van der Waals surface area contributed by atoms with Crippen molar-refractivity contribution in [2.75, 3.05) is 12.8 Å². The maximum absolute atomic E-state index is 13.1. The standard InChI is InChI=1S/C14H16FN3/c1-17-14(12-9-18-6-5-13(12)16)8-10-3-2-4-11(15)7-10/h2-7,9,14,17H,8H2,1H3,(H2,16,18). The normalized spacial score (nSPS) is 12.3. The maximum Gasteiger partial charge on any atom is 0.123 e. The van der Waals surface area contributed by atoms with E-state index in [0.29, 0.717) is 12.1 Å². The lowest BCUT2D eigenvalue weighted by Gasteiger charge is -2.18. The van der Waals surface area contributed by atoms with Crippen LogP contribution in [0.1, 0.15) is 17.2 Å². The molecule has 94 valence electrons. The highest BCUT2D eigenvalue weighted by Crippen LogP contribution is 2.22. The average Bonchev–Trinajstić information content (AvgIpc) is 2.37. The maximum atomic E-state index is 13.1. The van der Waals surface area contributed by atoms with Gasteiger partial charge in [0.05, 0.1) is 0 Å². The second kappa shape index (κ2) is 5.60. The van der Waals surface area contributed by atoms with Crippen molar-refractivity contribution in [2.45, 2.75) is 12.5 Å². The number of nitrogen functional groups attached to an aromatic ring is 1. The topological polar surface area (TPSA) is 50.9 Å². The van der Waals surface area contributed by atoms with Gasteiger partial charge in [-0.05, 0) is 37.2 Å². The Balaban J connectivity index is 2.23. The lowest BCUT2D eigenvalue weighted by molar-refractivity contribution is 0.584. The molecule has 0 saturated carbocycles. The van der Waals surface area contributed by atoms with E-state index in [0.717, 1.165) is 11.1 Å². The SMILES string of the molecule is CNC(Cc1cccc(F)c1)c1cnccc1N. The van der Waals surface area contributed by atoms with Crippen molar-refractivity contribution in [3.8, 4) is 0 Å². The summed E-state index contributed by atoms with van der Waals surface area (Å²) in [6.45, 7) is 0. The smallest absolute Gasteiger partial charge is 0.123 e. The molecule has 0 bridgehead atoms. The number of anilines is 1. The molecular formula is C14H16FN3. The molecule has 3 N–H and O–H groups in total. The minimum Gasteiger partial charge on any atom is -0.398 e. The summed E-state index contributed by atoms with van der Waals surface area (Å²) < 4.78 is 13.1. The van der Waals surface area contributed by atoms with Crippen LogP contribution in [0.3, 0.4) is 0 Å². The van der Waals surface area contributed by atoms with Crippen LogP contribution in [0.15, 0.2) is 42.7 Å². The molecule has 2 aromatic rings. The van der Waals surface area contributed by atoms with Crippen LogP contribution in [0.25, 0.3) is 0 Å². The number of rotatable bonds is 4. The number of hydrogen-bond donors (Lipinski definition) is 2. The third kappa shape index (κ3) is 2.84. The first-order valence-corrected chi connectivity index (χ1v) is 5.82. The molecular weight excluding hydrogens is 229 g/mol. The highest BCUT2D eigenvalue weighted by atomic mass is 19.1. The summed E-state index contributed by atoms with van der Waals surface area (Å²) in [6, 6.07) is 8.39. The van der Waals surface area contributed by atoms with Gasteiger partial charge < -0.3 is 11.1 Å². The van der Waals surface area contributed by atoms with Crippen molar-refractivity contribution in [2.24, 2.45) is 0 Å². The van der Waals surface area contributed by atoms with E-state index in [9.17, 15) is 4.39 Å². The van der Waals surface area contributed by atoms with Crippen molar-refractivity contribution in [1.82, 2.24) is 10.3 Å². The van der Waals surface area contributed by atoms with Gasteiger partial charge in [0.25, 0.3) is 0 Å². The van der Waals surface area contributed by atoms with Crippen molar-refractivity contribution >= 4 is 5.69 Å². The summed E-state index contributed by atoms with van der Waals surface area (Å²) in [6.07, 6.45) is 4.08. The van der Waals surface area contributed by atoms with Gasteiger partial charge in [0.1, 0.15) is 5.82 Å². The summed E-state index contributed by atoms with van der Waals surface area (Å²) in [7, 11) is 1.86. The predicted molar refractivity (Wildman–Crippen MR) is 70.6 cm³/mol. The molecule has 0 radical (unpaired) electrons. The predicted octanol–water partition coefficient (Wildman–Crippen LogP) is 2.31. The zero-order valence-electron chi connectivity index (χ0n) is 10.2. The van der Waals surface area contributed by atoms with E-state index in [2.05, 4.69) is 10.3 Å². The lowest BCUT2D eigenvalue weighted by atomic mass is 9.99. The summed E-state index contributed by atoms with van der Waals surface area (Å²) in [5.41, 5.74) is 8.48. The fourth-order valence-electron chi connectivity index (χ4n) is 1.98. The first-order chi connectivity index (χ1) is 8.70. The first kappa shape index (κ1) is 12.5. The summed E-state index contributed by atoms with van der Waals surface area (Å²) in [5, 5.41) is 3.18. The van der Waals surface area contributed by atoms with Crippen LogP contribution in [0, 0.1) is 5.82 Å². The monoisotopic (exact) mass is 245 g/mol. The Morgan fingerprint density at radius 3 is 2.89 bits per heavy atom. The molecule has 1 atom stereocenters. The molecule has 1 aromatic heterocycles. The molecule has 0 saturated heterocycles. The van der Waals surface area contributed by atoms with Crippen LogP contribution >= 0.6 is 0 Å². The molecule has 4 heteroatoms. The van der Waals surface area contributed by atoms with E-state index >= 15 is 0 Å². The fraction of sp³-hybridized carbons (Fsp3) is 0.214. The highest BCUT2D eigenvalue weighted by Gasteiger charge is 2.13. The van der Waals surface area contributed by atoms with Gasteiger partial charge in [0.2, 0.25) is 0 Å². The fourth-order valence-corrected chi connectivity index (χ4v) is 1.98. The zero-order valence-corrected chi connectivity index (χ0v) is 10.2. The van der Waals surface area contributed by atoms with Crippen LogP contribution < -0.4 is 11.1 Å². The van der Waals surface area contributed by atoms with E-state index in [1.54, 1.807) is 24.5 Å². The van der Waals surface area contributed by atoms with E-state index in [-0.39, 0.29) is 11.9 Å². The van der Waals surface area contributed by atoms with Crippen molar-refractivity contribution in [3.05, 3.63) is 59.7 Å². The molecule has 3 nitrogen and oxygen atoms in total. The Kier molecular flexibility index (Phi) is 3.89. The third-order valence-corrected chi connectivity index (χ3v) is 2.94. The van der Waals surface area contributed by atoms with Gasteiger partial charge in [0.15, 0.2) is 0 Å². The van der Waals surface area contributed by atoms with Gasteiger partial charge in [-0.15, -0.1) is 0 Å². The molecule has 0 aliphatic heterocycles. The van der Waals surface area contributed by atoms with Crippen LogP contribution in [-0.2, 0) is 6.42 Å². The molecule has 0 spiro atoms. The number of nitrogens with two attached hydrogens (primary N) is 1. The van der Waals surface area contributed by atoms with Gasteiger partial charge in [-0.2, -0.15) is 0 Å². The Bertz CT molecular complexity index is 528. The molecule has 1 aromatic carbocycles. The number of aromatic nitrogens is 1. The largest absolute Gasteiger partial charge is 0.398 e. The number of halogens is 1. The number of likely N-dealkylation sites (N-methyl/N-ethyl adjacent to an activating group) is 1. The second-order valence-electron chi connectivity index (χ2n) is 4.18. The number of nitrogens with one attached hydrogen (secondary N) is 1. The Morgan fingerprint density at radius 1 is 1.39 bits per heavy atom. The first-order valence-electron chi connectivity index (χ1n) is 5.82. The number of hydrogen-bond acceptors (Lipinski definition) is 3. The summed E-state index contributed by atoms with van der Waals surface area (Å²) in [4.78, 5) is 4.08.